The molecule has 1 aliphatic rings. The molecule has 3 aromatic rings. The second-order valence-electron chi connectivity index (χ2n) is 5.12. The topological polar surface area (TPSA) is 48.5 Å². The minimum atomic E-state index is 0.295. The average Bonchev–Trinajstić information content (AvgIpc) is 3.13. The van der Waals surface area contributed by atoms with E-state index in [4.69, 9.17) is 0 Å². The lowest BCUT2D eigenvalue weighted by molar-refractivity contribution is 0.548. The van der Waals surface area contributed by atoms with E-state index in [1.807, 2.05) is 23.7 Å². The van der Waals surface area contributed by atoms with Gasteiger partial charge in [-0.05, 0) is 25.0 Å². The minimum absolute atomic E-state index is 0.295. The van der Waals surface area contributed by atoms with E-state index in [9.17, 15) is 0 Å². The van der Waals surface area contributed by atoms with Crippen LogP contribution < -0.4 is 0 Å². The molecule has 0 amide bonds. The summed E-state index contributed by atoms with van der Waals surface area (Å²) in [5.41, 5.74) is 2.34. The van der Waals surface area contributed by atoms with Crippen LogP contribution in [0.3, 0.4) is 0 Å². The fourth-order valence-corrected chi connectivity index (χ4v) is 2.80. The molecule has 5 heteroatoms. The van der Waals surface area contributed by atoms with E-state index in [2.05, 4.69) is 39.4 Å². The molecule has 0 saturated heterocycles. The minimum Gasteiger partial charge on any atom is -0.240 e. The molecule has 2 aromatic heterocycles. The maximum Gasteiger partial charge on any atom is 0.269 e. The van der Waals surface area contributed by atoms with Crippen LogP contribution in [0.5, 0.6) is 0 Å². The van der Waals surface area contributed by atoms with E-state index < -0.39 is 0 Å². The molecule has 1 atom stereocenters. The van der Waals surface area contributed by atoms with E-state index in [0.717, 1.165) is 24.4 Å². The van der Waals surface area contributed by atoms with Crippen molar-refractivity contribution < 1.29 is 0 Å². The normalized spacial score (nSPS) is 17.4. The number of aryl methyl sites for hydroxylation is 2. The van der Waals surface area contributed by atoms with Crippen molar-refractivity contribution in [2.24, 2.45) is 0 Å². The molecule has 1 aliphatic heterocycles. The Labute approximate surface area is 116 Å². The Balaban J connectivity index is 1.76. The summed E-state index contributed by atoms with van der Waals surface area (Å²) in [7, 11) is 0. The average molecular weight is 265 g/mol. The Morgan fingerprint density at radius 1 is 1.15 bits per heavy atom. The zero-order valence-electron chi connectivity index (χ0n) is 11.3. The van der Waals surface area contributed by atoms with Crippen molar-refractivity contribution in [1.82, 2.24) is 24.5 Å². The second kappa shape index (κ2) is 4.30. The highest BCUT2D eigenvalue weighted by Gasteiger charge is 2.27. The number of hydrogen-bond acceptors (Lipinski definition) is 3. The molecular formula is C15H15N5. The van der Waals surface area contributed by atoms with Gasteiger partial charge in [0.15, 0.2) is 0 Å². The van der Waals surface area contributed by atoms with Crippen LogP contribution in [0, 0.1) is 6.92 Å². The quantitative estimate of drug-likeness (QED) is 0.714. The predicted octanol–water partition coefficient (Wildman–Crippen LogP) is 2.31. The summed E-state index contributed by atoms with van der Waals surface area (Å²) in [6, 6.07) is 12.7. The molecular weight excluding hydrogens is 250 g/mol. The van der Waals surface area contributed by atoms with Gasteiger partial charge in [-0.3, -0.25) is 0 Å². The summed E-state index contributed by atoms with van der Waals surface area (Å²) in [6.07, 6.45) is 3.81. The van der Waals surface area contributed by atoms with Crippen molar-refractivity contribution in [2.45, 2.75) is 25.8 Å². The zero-order valence-corrected chi connectivity index (χ0v) is 11.3. The van der Waals surface area contributed by atoms with Gasteiger partial charge in [-0.1, -0.05) is 30.3 Å². The highest BCUT2D eigenvalue weighted by atomic mass is 15.5. The number of nitrogens with zero attached hydrogens (tertiary/aromatic N) is 5. The van der Waals surface area contributed by atoms with Crippen LogP contribution in [0.15, 0.2) is 42.6 Å². The lowest BCUT2D eigenvalue weighted by atomic mass is 10.1. The third kappa shape index (κ3) is 1.66. The van der Waals surface area contributed by atoms with Crippen LogP contribution in [-0.4, -0.2) is 24.5 Å². The standard InChI is InChI=1S/C15H15N5/c1-11-9-10-16-19(11)15-17-14-8-7-13(20(14)18-15)12-5-3-2-4-6-12/h2-6,9-10,13H,7-8H2,1H3. The van der Waals surface area contributed by atoms with Gasteiger partial charge in [0.1, 0.15) is 5.82 Å². The van der Waals surface area contributed by atoms with Crippen LogP contribution in [0.1, 0.15) is 29.5 Å². The summed E-state index contributed by atoms with van der Waals surface area (Å²) in [4.78, 5) is 4.62. The van der Waals surface area contributed by atoms with Crippen molar-refractivity contribution in [2.75, 3.05) is 0 Å². The van der Waals surface area contributed by atoms with Gasteiger partial charge in [-0.2, -0.15) is 10.1 Å². The van der Waals surface area contributed by atoms with Gasteiger partial charge in [-0.15, -0.1) is 5.10 Å². The Morgan fingerprint density at radius 2 is 2.00 bits per heavy atom. The van der Waals surface area contributed by atoms with Gasteiger partial charge in [0.2, 0.25) is 0 Å². The smallest absolute Gasteiger partial charge is 0.240 e. The maximum atomic E-state index is 4.66. The van der Waals surface area contributed by atoms with Gasteiger partial charge in [0.25, 0.3) is 5.95 Å². The SMILES string of the molecule is Cc1ccnn1-c1nc2n(n1)C(c1ccccc1)CC2. The third-order valence-electron chi connectivity index (χ3n) is 3.83. The van der Waals surface area contributed by atoms with E-state index >= 15 is 0 Å². The molecule has 100 valence electrons. The van der Waals surface area contributed by atoms with Crippen molar-refractivity contribution >= 4 is 0 Å². The monoisotopic (exact) mass is 265 g/mol. The number of aromatic nitrogens is 5. The van der Waals surface area contributed by atoms with Gasteiger partial charge < -0.3 is 0 Å². The molecule has 0 spiro atoms. The number of rotatable bonds is 2. The van der Waals surface area contributed by atoms with Crippen molar-refractivity contribution in [1.29, 1.82) is 0 Å². The molecule has 0 radical (unpaired) electrons. The van der Waals surface area contributed by atoms with Gasteiger partial charge >= 0.3 is 0 Å². The van der Waals surface area contributed by atoms with Crippen molar-refractivity contribution in [3.05, 3.63) is 59.7 Å². The number of hydrogen-bond donors (Lipinski definition) is 0. The molecule has 0 saturated carbocycles. The summed E-state index contributed by atoms with van der Waals surface area (Å²) >= 11 is 0. The number of benzene rings is 1. The molecule has 3 heterocycles. The van der Waals surface area contributed by atoms with Crippen molar-refractivity contribution in [3.8, 4) is 5.95 Å². The summed E-state index contributed by atoms with van der Waals surface area (Å²) in [5, 5.41) is 8.93. The molecule has 0 bridgehead atoms. The van der Waals surface area contributed by atoms with Crippen LogP contribution in [0.4, 0.5) is 0 Å². The predicted molar refractivity (Wildman–Crippen MR) is 74.8 cm³/mol. The van der Waals surface area contributed by atoms with Crippen molar-refractivity contribution in [3.63, 3.8) is 0 Å². The molecule has 20 heavy (non-hydrogen) atoms. The lowest BCUT2D eigenvalue weighted by Crippen LogP contribution is -2.09. The Hall–Kier alpha value is -2.43. The largest absolute Gasteiger partial charge is 0.269 e. The molecule has 0 N–H and O–H groups in total. The number of fused-ring (bicyclic) bond motifs is 1. The van der Waals surface area contributed by atoms with E-state index in [1.54, 1.807) is 10.9 Å². The third-order valence-corrected chi connectivity index (χ3v) is 3.83. The molecule has 0 aliphatic carbocycles. The lowest BCUT2D eigenvalue weighted by Gasteiger charge is -2.11. The first-order chi connectivity index (χ1) is 9.83. The van der Waals surface area contributed by atoms with Crippen LogP contribution in [0.25, 0.3) is 5.95 Å². The highest BCUT2D eigenvalue weighted by molar-refractivity contribution is 5.24. The second-order valence-corrected chi connectivity index (χ2v) is 5.12. The van der Waals surface area contributed by atoms with Crippen LogP contribution in [0.2, 0.25) is 0 Å². The van der Waals surface area contributed by atoms with E-state index in [1.165, 1.54) is 5.56 Å². The Morgan fingerprint density at radius 3 is 2.75 bits per heavy atom. The van der Waals surface area contributed by atoms with Crippen LogP contribution >= 0.6 is 0 Å². The zero-order chi connectivity index (χ0) is 13.5. The first-order valence-electron chi connectivity index (χ1n) is 6.84. The van der Waals surface area contributed by atoms with E-state index in [0.29, 0.717) is 12.0 Å². The Kier molecular flexibility index (Phi) is 2.45. The molecule has 1 unspecified atom stereocenters. The molecule has 0 fully saturated rings. The summed E-state index contributed by atoms with van der Waals surface area (Å²) < 4.78 is 3.83. The summed E-state index contributed by atoms with van der Waals surface area (Å²) in [5.74, 6) is 1.71. The first kappa shape index (κ1) is 11.4. The van der Waals surface area contributed by atoms with E-state index in [-0.39, 0.29) is 0 Å². The van der Waals surface area contributed by atoms with Gasteiger partial charge in [0, 0.05) is 18.3 Å². The highest BCUT2D eigenvalue weighted by Crippen LogP contribution is 2.30. The summed E-state index contributed by atoms with van der Waals surface area (Å²) in [6.45, 7) is 2.01. The molecule has 4 rings (SSSR count). The molecule has 5 nitrogen and oxygen atoms in total. The first-order valence-corrected chi connectivity index (χ1v) is 6.84. The van der Waals surface area contributed by atoms with Crippen LogP contribution in [-0.2, 0) is 6.42 Å². The Bertz CT molecular complexity index is 741. The fourth-order valence-electron chi connectivity index (χ4n) is 2.80. The van der Waals surface area contributed by atoms with Gasteiger partial charge in [-0.25, -0.2) is 9.36 Å². The molecule has 1 aromatic carbocycles. The van der Waals surface area contributed by atoms with Gasteiger partial charge in [0.05, 0.1) is 6.04 Å². The maximum absolute atomic E-state index is 4.66. The fraction of sp³-hybridized carbons (Fsp3) is 0.267.